The molecule has 2 aromatic rings. The van der Waals surface area contributed by atoms with Crippen molar-refractivity contribution < 1.29 is 19.0 Å². The van der Waals surface area contributed by atoms with Gasteiger partial charge >= 0.3 is 0 Å². The number of rotatable bonds is 8. The third-order valence-corrected chi connectivity index (χ3v) is 4.84. The second-order valence-corrected chi connectivity index (χ2v) is 6.95. The number of nitrogens with two attached hydrogens (primary N) is 1. The lowest BCUT2D eigenvalue weighted by molar-refractivity contribution is -0.131. The van der Waals surface area contributed by atoms with E-state index in [1.165, 1.54) is 7.11 Å². The van der Waals surface area contributed by atoms with Crippen LogP contribution in [0.5, 0.6) is 5.75 Å². The second kappa shape index (κ2) is 11.5. The smallest absolute Gasteiger partial charge is 0.254 e. The van der Waals surface area contributed by atoms with E-state index < -0.39 is 6.10 Å². The minimum atomic E-state index is -0.732. The van der Waals surface area contributed by atoms with E-state index in [9.17, 15) is 4.79 Å². The van der Waals surface area contributed by atoms with Crippen LogP contribution >= 0.6 is 12.4 Å². The second-order valence-electron chi connectivity index (χ2n) is 6.95. The van der Waals surface area contributed by atoms with Gasteiger partial charge in [0.2, 0.25) is 0 Å². The van der Waals surface area contributed by atoms with Crippen LogP contribution < -0.4 is 15.8 Å². The summed E-state index contributed by atoms with van der Waals surface area (Å²) in [5.74, 6) is 0.512. The van der Waals surface area contributed by atoms with Gasteiger partial charge in [0.15, 0.2) is 6.10 Å². The van der Waals surface area contributed by atoms with Crippen molar-refractivity contribution in [2.75, 3.05) is 20.3 Å². The topological polar surface area (TPSA) is 107 Å². The summed E-state index contributed by atoms with van der Waals surface area (Å²) in [6, 6.07) is 14.6. The van der Waals surface area contributed by atoms with Crippen LogP contribution in [0.15, 0.2) is 48.5 Å². The molecule has 1 unspecified atom stereocenters. The average molecular weight is 434 g/mol. The molecule has 1 amide bonds. The zero-order valence-corrected chi connectivity index (χ0v) is 17.7. The van der Waals surface area contributed by atoms with Gasteiger partial charge in [0.1, 0.15) is 17.7 Å². The van der Waals surface area contributed by atoms with Gasteiger partial charge in [-0.05, 0) is 23.3 Å². The zero-order chi connectivity index (χ0) is 20.6. The van der Waals surface area contributed by atoms with Crippen molar-refractivity contribution in [1.82, 2.24) is 5.32 Å². The molecule has 0 aliphatic carbocycles. The highest BCUT2D eigenvalue weighted by Gasteiger charge is 2.21. The molecule has 30 heavy (non-hydrogen) atoms. The molecule has 4 N–H and O–H groups in total. The lowest BCUT2D eigenvalue weighted by atomic mass is 10.1. The Bertz CT molecular complexity index is 839. The van der Waals surface area contributed by atoms with Crippen molar-refractivity contribution >= 4 is 24.1 Å². The Morgan fingerprint density at radius 2 is 1.93 bits per heavy atom. The molecule has 0 spiro atoms. The number of carbonyl (C=O) groups is 1. The molecule has 0 radical (unpaired) electrons. The number of nitrogen functional groups attached to an aromatic ring is 1. The molecule has 1 saturated heterocycles. The standard InChI is InChI=1S/C22H27N3O4.ClH/c1-27-20(22(26)25-14-15-5-7-16(8-6-15)21(23)24)17-3-2-4-19(13-17)29-18-9-11-28-12-10-18;/h2-8,13,18,20H,9-12,14H2,1H3,(H3,23,24)(H,25,26);1H. The van der Waals surface area contributed by atoms with E-state index in [1.54, 1.807) is 12.1 Å². The molecule has 1 atom stereocenters. The summed E-state index contributed by atoms with van der Waals surface area (Å²) >= 11 is 0. The van der Waals surface area contributed by atoms with Gasteiger partial charge in [-0.1, -0.05) is 36.4 Å². The molecule has 2 aromatic carbocycles. The Morgan fingerprint density at radius 3 is 2.57 bits per heavy atom. The van der Waals surface area contributed by atoms with Crippen molar-refractivity contribution in [2.24, 2.45) is 5.73 Å². The first-order valence-electron chi connectivity index (χ1n) is 9.65. The highest BCUT2D eigenvalue weighted by molar-refractivity contribution is 5.94. The third kappa shape index (κ3) is 6.45. The number of amides is 1. The molecular weight excluding hydrogens is 406 g/mol. The highest BCUT2D eigenvalue weighted by atomic mass is 35.5. The number of benzene rings is 2. The number of hydrogen-bond donors (Lipinski definition) is 3. The number of amidine groups is 1. The van der Waals surface area contributed by atoms with E-state index in [1.807, 2.05) is 36.4 Å². The maximum atomic E-state index is 12.7. The normalized spacial score (nSPS) is 15.0. The summed E-state index contributed by atoms with van der Waals surface area (Å²) in [7, 11) is 1.51. The molecule has 1 heterocycles. The summed E-state index contributed by atoms with van der Waals surface area (Å²) in [6.07, 6.45) is 1.12. The Hall–Kier alpha value is -2.61. The Balaban J connectivity index is 0.00000320. The molecule has 3 rings (SSSR count). The zero-order valence-electron chi connectivity index (χ0n) is 16.9. The van der Waals surface area contributed by atoms with E-state index in [0.29, 0.717) is 25.3 Å². The predicted octanol–water partition coefficient (Wildman–Crippen LogP) is 2.95. The van der Waals surface area contributed by atoms with E-state index in [4.69, 9.17) is 25.4 Å². The summed E-state index contributed by atoms with van der Waals surface area (Å²) in [5.41, 5.74) is 7.76. The fourth-order valence-corrected chi connectivity index (χ4v) is 3.22. The van der Waals surface area contributed by atoms with Crippen LogP contribution in [0.2, 0.25) is 0 Å². The number of carbonyl (C=O) groups excluding carboxylic acids is 1. The first kappa shape index (κ1) is 23.7. The number of halogens is 1. The third-order valence-electron chi connectivity index (χ3n) is 4.84. The van der Waals surface area contributed by atoms with Gasteiger partial charge in [0, 0.05) is 32.1 Å². The number of methoxy groups -OCH3 is 1. The summed E-state index contributed by atoms with van der Waals surface area (Å²) < 4.78 is 16.8. The largest absolute Gasteiger partial charge is 0.490 e. The van der Waals surface area contributed by atoms with Gasteiger partial charge in [-0.15, -0.1) is 12.4 Å². The first-order chi connectivity index (χ1) is 14.1. The summed E-state index contributed by atoms with van der Waals surface area (Å²) in [4.78, 5) is 12.7. The quantitative estimate of drug-likeness (QED) is 0.438. The van der Waals surface area contributed by atoms with Crippen LogP contribution in [0.3, 0.4) is 0 Å². The van der Waals surface area contributed by atoms with Gasteiger partial charge in [-0.3, -0.25) is 10.2 Å². The number of nitrogens with one attached hydrogen (secondary N) is 2. The number of ether oxygens (including phenoxy) is 3. The minimum absolute atomic E-state index is 0. The van der Waals surface area contributed by atoms with Crippen molar-refractivity contribution in [1.29, 1.82) is 5.41 Å². The SMILES string of the molecule is COC(C(=O)NCc1ccc(C(=N)N)cc1)c1cccc(OC2CCOCC2)c1.Cl. The van der Waals surface area contributed by atoms with E-state index in [0.717, 1.165) is 29.7 Å². The molecular formula is C22H28ClN3O4. The first-order valence-corrected chi connectivity index (χ1v) is 9.65. The molecule has 7 nitrogen and oxygen atoms in total. The van der Waals surface area contributed by atoms with Gasteiger partial charge < -0.3 is 25.3 Å². The fraction of sp³-hybridized carbons (Fsp3) is 0.364. The molecule has 0 aromatic heterocycles. The molecule has 8 heteroatoms. The molecule has 162 valence electrons. The summed E-state index contributed by atoms with van der Waals surface area (Å²) in [5, 5.41) is 10.3. The Labute approximate surface area is 182 Å². The van der Waals surface area contributed by atoms with E-state index >= 15 is 0 Å². The molecule has 1 aliphatic rings. The van der Waals surface area contributed by atoms with Crippen molar-refractivity contribution in [3.8, 4) is 5.75 Å². The monoisotopic (exact) mass is 433 g/mol. The average Bonchev–Trinajstić information content (AvgIpc) is 2.74. The maximum Gasteiger partial charge on any atom is 0.254 e. The Morgan fingerprint density at radius 1 is 1.23 bits per heavy atom. The maximum absolute atomic E-state index is 12.7. The van der Waals surface area contributed by atoms with Crippen LogP contribution in [0.4, 0.5) is 0 Å². The van der Waals surface area contributed by atoms with Crippen molar-refractivity contribution in [3.05, 3.63) is 65.2 Å². The number of hydrogen-bond acceptors (Lipinski definition) is 5. The van der Waals surface area contributed by atoms with Gasteiger partial charge in [-0.2, -0.15) is 0 Å². The van der Waals surface area contributed by atoms with Crippen molar-refractivity contribution in [3.63, 3.8) is 0 Å². The fourth-order valence-electron chi connectivity index (χ4n) is 3.22. The predicted molar refractivity (Wildman–Crippen MR) is 117 cm³/mol. The van der Waals surface area contributed by atoms with Crippen LogP contribution in [0.25, 0.3) is 0 Å². The van der Waals surface area contributed by atoms with Gasteiger partial charge in [-0.25, -0.2) is 0 Å². The van der Waals surface area contributed by atoms with Gasteiger partial charge in [0.25, 0.3) is 5.91 Å². The van der Waals surface area contributed by atoms with E-state index in [2.05, 4.69) is 5.32 Å². The van der Waals surface area contributed by atoms with Gasteiger partial charge in [0.05, 0.1) is 13.2 Å². The Kier molecular flexibility index (Phi) is 9.11. The molecule has 0 saturated carbocycles. The summed E-state index contributed by atoms with van der Waals surface area (Å²) in [6.45, 7) is 1.77. The lowest BCUT2D eigenvalue weighted by Crippen LogP contribution is -2.30. The molecule has 0 bridgehead atoms. The van der Waals surface area contributed by atoms with E-state index in [-0.39, 0.29) is 30.3 Å². The highest BCUT2D eigenvalue weighted by Crippen LogP contribution is 2.24. The van der Waals surface area contributed by atoms with Crippen molar-refractivity contribution in [2.45, 2.75) is 31.6 Å². The lowest BCUT2D eigenvalue weighted by Gasteiger charge is -2.24. The van der Waals surface area contributed by atoms with Crippen LogP contribution in [-0.4, -0.2) is 38.2 Å². The van der Waals surface area contributed by atoms with Crippen LogP contribution in [0, 0.1) is 5.41 Å². The molecule has 1 aliphatic heterocycles. The van der Waals surface area contributed by atoms with Crippen LogP contribution in [-0.2, 0) is 20.8 Å². The minimum Gasteiger partial charge on any atom is -0.490 e. The molecule has 1 fully saturated rings. The van der Waals surface area contributed by atoms with Crippen LogP contribution in [0.1, 0.15) is 35.6 Å².